The van der Waals surface area contributed by atoms with Crippen molar-refractivity contribution >= 4 is 5.82 Å². The van der Waals surface area contributed by atoms with Crippen LogP contribution in [0, 0.1) is 0 Å². The molecule has 5 nitrogen and oxygen atoms in total. The number of nitrogens with zero attached hydrogens (tertiary/aromatic N) is 3. The third-order valence-corrected chi connectivity index (χ3v) is 4.17. The molecule has 1 fully saturated rings. The molecule has 0 radical (unpaired) electrons. The van der Waals surface area contributed by atoms with E-state index in [2.05, 4.69) is 38.6 Å². The molecule has 1 aromatic heterocycles. The van der Waals surface area contributed by atoms with Gasteiger partial charge >= 0.3 is 0 Å². The predicted octanol–water partition coefficient (Wildman–Crippen LogP) is 3.02. The van der Waals surface area contributed by atoms with Gasteiger partial charge in [-0.2, -0.15) is 5.10 Å². The van der Waals surface area contributed by atoms with Crippen LogP contribution in [0.15, 0.2) is 42.6 Å². The lowest BCUT2D eigenvalue weighted by atomic mass is 10.1. The average Bonchev–Trinajstić information content (AvgIpc) is 2.61. The molecule has 5 heteroatoms. The van der Waals surface area contributed by atoms with Crippen molar-refractivity contribution in [2.45, 2.75) is 45.4 Å². The smallest absolute Gasteiger partial charge is 0.151 e. The lowest BCUT2D eigenvalue weighted by molar-refractivity contribution is 0.242. The number of benzene rings is 1. The summed E-state index contributed by atoms with van der Waals surface area (Å²) in [5, 5.41) is 11.9. The maximum Gasteiger partial charge on any atom is 0.151 e. The van der Waals surface area contributed by atoms with Gasteiger partial charge < -0.3 is 15.0 Å². The first-order chi connectivity index (χ1) is 11.7. The zero-order valence-corrected chi connectivity index (χ0v) is 14.5. The Kier molecular flexibility index (Phi) is 5.64. The maximum absolute atomic E-state index is 5.77. The summed E-state index contributed by atoms with van der Waals surface area (Å²) >= 11 is 0. The van der Waals surface area contributed by atoms with Crippen molar-refractivity contribution in [3.05, 3.63) is 48.2 Å². The SMILES string of the molecule is CC(C)Oc1cccc(CNC2CCCN(c3cccnn3)C2)c1. The van der Waals surface area contributed by atoms with E-state index in [-0.39, 0.29) is 6.10 Å². The maximum atomic E-state index is 5.77. The Morgan fingerprint density at radius 3 is 3.00 bits per heavy atom. The number of piperidine rings is 1. The predicted molar refractivity (Wildman–Crippen MR) is 96.3 cm³/mol. The van der Waals surface area contributed by atoms with Gasteiger partial charge in [-0.1, -0.05) is 12.1 Å². The van der Waals surface area contributed by atoms with Crippen molar-refractivity contribution in [2.24, 2.45) is 0 Å². The molecule has 1 N–H and O–H groups in total. The zero-order valence-electron chi connectivity index (χ0n) is 14.5. The van der Waals surface area contributed by atoms with Crippen LogP contribution in [0.5, 0.6) is 5.75 Å². The molecular formula is C19H26N4O. The third-order valence-electron chi connectivity index (χ3n) is 4.17. The fourth-order valence-electron chi connectivity index (χ4n) is 3.08. The molecule has 1 atom stereocenters. The van der Waals surface area contributed by atoms with Crippen LogP contribution in [0.3, 0.4) is 0 Å². The highest BCUT2D eigenvalue weighted by molar-refractivity contribution is 5.37. The largest absolute Gasteiger partial charge is 0.491 e. The highest BCUT2D eigenvalue weighted by atomic mass is 16.5. The second kappa shape index (κ2) is 8.11. The van der Waals surface area contributed by atoms with Gasteiger partial charge in [0.15, 0.2) is 5.82 Å². The molecule has 2 heterocycles. The molecule has 1 aliphatic rings. The highest BCUT2D eigenvalue weighted by Gasteiger charge is 2.20. The lowest BCUT2D eigenvalue weighted by Gasteiger charge is -2.33. The normalized spacial score (nSPS) is 18.0. The summed E-state index contributed by atoms with van der Waals surface area (Å²) in [5.74, 6) is 1.91. The Hall–Kier alpha value is -2.14. The average molecular weight is 326 g/mol. The number of nitrogens with one attached hydrogen (secondary N) is 1. The van der Waals surface area contributed by atoms with Crippen LogP contribution in [-0.4, -0.2) is 35.4 Å². The van der Waals surface area contributed by atoms with E-state index in [1.54, 1.807) is 6.20 Å². The van der Waals surface area contributed by atoms with E-state index in [0.717, 1.165) is 31.2 Å². The van der Waals surface area contributed by atoms with Crippen molar-refractivity contribution < 1.29 is 4.74 Å². The Morgan fingerprint density at radius 1 is 1.29 bits per heavy atom. The number of anilines is 1. The lowest BCUT2D eigenvalue weighted by Crippen LogP contribution is -2.45. The number of ether oxygens (including phenoxy) is 1. The summed E-state index contributed by atoms with van der Waals surface area (Å²) in [6.45, 7) is 6.98. The van der Waals surface area contributed by atoms with Crippen molar-refractivity contribution in [1.29, 1.82) is 0 Å². The summed E-state index contributed by atoms with van der Waals surface area (Å²) in [7, 11) is 0. The van der Waals surface area contributed by atoms with Crippen LogP contribution in [-0.2, 0) is 6.54 Å². The van der Waals surface area contributed by atoms with Crippen LogP contribution in [0.1, 0.15) is 32.3 Å². The molecule has 3 rings (SSSR count). The molecule has 1 unspecified atom stereocenters. The fourth-order valence-corrected chi connectivity index (χ4v) is 3.08. The first kappa shape index (κ1) is 16.7. The van der Waals surface area contributed by atoms with Gasteiger partial charge in [-0.25, -0.2) is 0 Å². The molecule has 1 aliphatic heterocycles. The van der Waals surface area contributed by atoms with E-state index in [9.17, 15) is 0 Å². The Morgan fingerprint density at radius 2 is 2.21 bits per heavy atom. The summed E-state index contributed by atoms with van der Waals surface area (Å²) in [6.07, 6.45) is 4.28. The van der Waals surface area contributed by atoms with E-state index >= 15 is 0 Å². The van der Waals surface area contributed by atoms with E-state index in [1.165, 1.54) is 18.4 Å². The monoisotopic (exact) mass is 326 g/mol. The molecule has 0 spiro atoms. The van der Waals surface area contributed by atoms with E-state index in [1.807, 2.05) is 32.0 Å². The van der Waals surface area contributed by atoms with Crippen LogP contribution in [0.25, 0.3) is 0 Å². The molecule has 1 aromatic carbocycles. The van der Waals surface area contributed by atoms with E-state index in [0.29, 0.717) is 6.04 Å². The van der Waals surface area contributed by atoms with Crippen LogP contribution in [0.4, 0.5) is 5.82 Å². The molecule has 0 bridgehead atoms. The quantitative estimate of drug-likeness (QED) is 0.884. The van der Waals surface area contributed by atoms with E-state index < -0.39 is 0 Å². The summed E-state index contributed by atoms with van der Waals surface area (Å²) < 4.78 is 5.77. The van der Waals surface area contributed by atoms with Crippen LogP contribution >= 0.6 is 0 Å². The van der Waals surface area contributed by atoms with Gasteiger partial charge in [-0.05, 0) is 56.5 Å². The minimum absolute atomic E-state index is 0.201. The zero-order chi connectivity index (χ0) is 16.8. The van der Waals surface area contributed by atoms with Crippen molar-refractivity contribution in [2.75, 3.05) is 18.0 Å². The first-order valence-corrected chi connectivity index (χ1v) is 8.72. The van der Waals surface area contributed by atoms with Gasteiger partial charge in [0, 0.05) is 31.9 Å². The molecular weight excluding hydrogens is 300 g/mol. The fraction of sp³-hybridized carbons (Fsp3) is 0.474. The Labute approximate surface area is 144 Å². The second-order valence-electron chi connectivity index (χ2n) is 6.56. The van der Waals surface area contributed by atoms with Crippen molar-refractivity contribution in [3.8, 4) is 5.75 Å². The van der Waals surface area contributed by atoms with Gasteiger partial charge in [0.2, 0.25) is 0 Å². The molecule has 128 valence electrons. The molecule has 0 amide bonds. The summed E-state index contributed by atoms with van der Waals surface area (Å²) in [6, 6.07) is 12.8. The number of hydrogen-bond acceptors (Lipinski definition) is 5. The van der Waals surface area contributed by atoms with Crippen molar-refractivity contribution in [3.63, 3.8) is 0 Å². The molecule has 0 saturated carbocycles. The summed E-state index contributed by atoms with van der Waals surface area (Å²) in [5.41, 5.74) is 1.25. The van der Waals surface area contributed by atoms with Gasteiger partial charge in [-0.15, -0.1) is 5.10 Å². The standard InChI is InChI=1S/C19H26N4O/c1-15(2)24-18-8-3-6-16(12-18)13-20-17-7-5-11-23(14-17)19-9-4-10-21-22-19/h3-4,6,8-10,12,15,17,20H,5,7,11,13-14H2,1-2H3. The minimum atomic E-state index is 0.201. The molecule has 1 saturated heterocycles. The number of hydrogen-bond donors (Lipinski definition) is 1. The topological polar surface area (TPSA) is 50.3 Å². The third kappa shape index (κ3) is 4.68. The Bertz CT molecular complexity index is 632. The van der Waals surface area contributed by atoms with E-state index in [4.69, 9.17) is 4.74 Å². The summed E-state index contributed by atoms with van der Waals surface area (Å²) in [4.78, 5) is 2.31. The van der Waals surface area contributed by atoms with Crippen LogP contribution in [0.2, 0.25) is 0 Å². The molecule has 24 heavy (non-hydrogen) atoms. The van der Waals surface area contributed by atoms with Gasteiger partial charge in [0.25, 0.3) is 0 Å². The number of aromatic nitrogens is 2. The number of rotatable bonds is 6. The molecule has 0 aliphatic carbocycles. The Balaban J connectivity index is 1.55. The second-order valence-corrected chi connectivity index (χ2v) is 6.56. The van der Waals surface area contributed by atoms with Gasteiger partial charge in [-0.3, -0.25) is 0 Å². The highest BCUT2D eigenvalue weighted by Crippen LogP contribution is 2.18. The van der Waals surface area contributed by atoms with Crippen molar-refractivity contribution in [1.82, 2.24) is 15.5 Å². The van der Waals surface area contributed by atoms with Crippen LogP contribution < -0.4 is 15.0 Å². The van der Waals surface area contributed by atoms with Gasteiger partial charge in [0.05, 0.1) is 6.10 Å². The minimum Gasteiger partial charge on any atom is -0.491 e. The molecule has 2 aromatic rings. The van der Waals surface area contributed by atoms with Gasteiger partial charge in [0.1, 0.15) is 5.75 Å². The first-order valence-electron chi connectivity index (χ1n) is 8.72.